The number of halogens is 1. The van der Waals surface area contributed by atoms with Gasteiger partial charge in [0.25, 0.3) is 11.8 Å². The molecule has 4 rings (SSSR count). The quantitative estimate of drug-likeness (QED) is 0.327. The van der Waals surface area contributed by atoms with E-state index in [9.17, 15) is 9.59 Å². The van der Waals surface area contributed by atoms with Gasteiger partial charge in [-0.1, -0.05) is 48.0 Å². The molecule has 1 saturated heterocycles. The fourth-order valence-corrected chi connectivity index (χ4v) is 3.69. The Bertz CT molecular complexity index is 1220. The number of amides is 2. The van der Waals surface area contributed by atoms with Crippen LogP contribution in [0.4, 0.5) is 5.69 Å². The molecule has 1 aliphatic heterocycles. The summed E-state index contributed by atoms with van der Waals surface area (Å²) in [5.74, 6) is -0.323. The molecule has 3 aromatic rings. The Morgan fingerprint density at radius 2 is 1.75 bits per heavy atom. The summed E-state index contributed by atoms with van der Waals surface area (Å²) in [6, 6.07) is 22.0. The van der Waals surface area contributed by atoms with Crippen molar-refractivity contribution in [3.05, 3.63) is 100 Å². The van der Waals surface area contributed by atoms with Gasteiger partial charge in [0.1, 0.15) is 17.9 Å². The Labute approximate surface area is 196 Å². The van der Waals surface area contributed by atoms with Crippen LogP contribution in [0.15, 0.2) is 78.4 Å². The highest BCUT2D eigenvalue weighted by Crippen LogP contribution is 2.25. The topological polar surface area (TPSA) is 58.6 Å². The molecule has 2 amide bonds. The number of ether oxygens (including phenoxy) is 1. The first-order valence-corrected chi connectivity index (χ1v) is 10.7. The number of rotatable bonds is 5. The highest BCUT2D eigenvalue weighted by atomic mass is 35.5. The summed E-state index contributed by atoms with van der Waals surface area (Å²) < 4.78 is 5.86. The van der Waals surface area contributed by atoms with Crippen LogP contribution >= 0.6 is 23.8 Å². The van der Waals surface area contributed by atoms with Gasteiger partial charge in [0, 0.05) is 5.02 Å². The van der Waals surface area contributed by atoms with Crippen LogP contribution in [-0.2, 0) is 16.2 Å². The highest BCUT2D eigenvalue weighted by Gasteiger charge is 2.34. The predicted octanol–water partition coefficient (Wildman–Crippen LogP) is 5.06. The molecular formula is C25H19ClN2O3S. The van der Waals surface area contributed by atoms with Crippen LogP contribution < -0.4 is 15.0 Å². The van der Waals surface area contributed by atoms with E-state index in [2.05, 4.69) is 5.32 Å². The molecular weight excluding hydrogens is 444 g/mol. The van der Waals surface area contributed by atoms with Crippen LogP contribution in [-0.4, -0.2) is 16.9 Å². The van der Waals surface area contributed by atoms with Crippen molar-refractivity contribution in [2.45, 2.75) is 13.5 Å². The molecule has 0 atom stereocenters. The predicted molar refractivity (Wildman–Crippen MR) is 130 cm³/mol. The molecule has 32 heavy (non-hydrogen) atoms. The average molecular weight is 463 g/mol. The summed E-state index contributed by atoms with van der Waals surface area (Å²) in [5, 5.41) is 3.15. The van der Waals surface area contributed by atoms with Crippen molar-refractivity contribution in [1.82, 2.24) is 5.32 Å². The monoisotopic (exact) mass is 462 g/mol. The third-order valence-corrected chi connectivity index (χ3v) is 5.51. The Morgan fingerprint density at radius 1 is 1.03 bits per heavy atom. The Kier molecular flexibility index (Phi) is 6.35. The zero-order chi connectivity index (χ0) is 22.7. The fourth-order valence-electron chi connectivity index (χ4n) is 3.28. The van der Waals surface area contributed by atoms with Crippen molar-refractivity contribution in [2.24, 2.45) is 0 Å². The minimum Gasteiger partial charge on any atom is -0.489 e. The third-order valence-electron chi connectivity index (χ3n) is 4.98. The number of thiocarbonyl (C=S) groups is 1. The number of nitrogens with one attached hydrogen (secondary N) is 1. The molecule has 1 fully saturated rings. The summed E-state index contributed by atoms with van der Waals surface area (Å²) in [6.45, 7) is 2.35. The third kappa shape index (κ3) is 4.72. The number of carbonyl (C=O) groups is 2. The van der Waals surface area contributed by atoms with E-state index in [1.807, 2.05) is 55.5 Å². The van der Waals surface area contributed by atoms with Gasteiger partial charge in [0.15, 0.2) is 5.11 Å². The highest BCUT2D eigenvalue weighted by molar-refractivity contribution is 7.80. The van der Waals surface area contributed by atoms with Crippen molar-refractivity contribution in [2.75, 3.05) is 4.90 Å². The molecule has 0 bridgehead atoms. The molecule has 0 unspecified atom stereocenters. The molecule has 3 aromatic carbocycles. The largest absolute Gasteiger partial charge is 0.489 e. The second kappa shape index (κ2) is 9.34. The molecule has 1 aliphatic rings. The SMILES string of the molecule is Cc1cc(OCc2ccccc2)ccc1/C=C1/C(=O)NC(=S)N(c2ccc(Cl)cc2)C1=O. The van der Waals surface area contributed by atoms with Crippen molar-refractivity contribution in [1.29, 1.82) is 0 Å². The summed E-state index contributed by atoms with van der Waals surface area (Å²) in [5.41, 5.74) is 3.19. The first-order valence-electron chi connectivity index (χ1n) is 9.87. The first-order chi connectivity index (χ1) is 15.4. The Balaban J connectivity index is 1.57. The van der Waals surface area contributed by atoms with Crippen LogP contribution in [0.25, 0.3) is 6.08 Å². The molecule has 7 heteroatoms. The number of hydrogen-bond donors (Lipinski definition) is 1. The summed E-state index contributed by atoms with van der Waals surface area (Å²) in [6.07, 6.45) is 1.57. The van der Waals surface area contributed by atoms with Gasteiger partial charge in [-0.3, -0.25) is 19.8 Å². The van der Waals surface area contributed by atoms with Gasteiger partial charge in [-0.2, -0.15) is 0 Å². The number of benzene rings is 3. The molecule has 0 saturated carbocycles. The number of anilines is 1. The minimum absolute atomic E-state index is 0.00500. The van der Waals surface area contributed by atoms with E-state index in [0.717, 1.165) is 16.7 Å². The van der Waals surface area contributed by atoms with Gasteiger partial charge in [-0.15, -0.1) is 0 Å². The van der Waals surface area contributed by atoms with Gasteiger partial charge < -0.3 is 4.74 Å². The lowest BCUT2D eigenvalue weighted by molar-refractivity contribution is -0.122. The molecule has 0 aliphatic carbocycles. The van der Waals surface area contributed by atoms with Crippen LogP contribution in [0.5, 0.6) is 5.75 Å². The van der Waals surface area contributed by atoms with E-state index in [4.69, 9.17) is 28.6 Å². The van der Waals surface area contributed by atoms with E-state index in [1.54, 1.807) is 30.3 Å². The molecule has 0 spiro atoms. The number of nitrogens with zero attached hydrogens (tertiary/aromatic N) is 1. The van der Waals surface area contributed by atoms with E-state index in [-0.39, 0.29) is 10.7 Å². The standard InChI is InChI=1S/C25H19ClN2O3S/c1-16-13-21(31-15-17-5-3-2-4-6-17)12-7-18(16)14-22-23(29)27-25(32)28(24(22)30)20-10-8-19(26)9-11-20/h2-14H,15H2,1H3,(H,27,29,32)/b22-14-. The molecule has 0 aromatic heterocycles. The van der Waals surface area contributed by atoms with Crippen molar-refractivity contribution in [3.63, 3.8) is 0 Å². The lowest BCUT2D eigenvalue weighted by atomic mass is 10.0. The van der Waals surface area contributed by atoms with Gasteiger partial charge in [0.2, 0.25) is 0 Å². The maximum atomic E-state index is 13.1. The van der Waals surface area contributed by atoms with E-state index in [0.29, 0.717) is 23.1 Å². The summed E-state index contributed by atoms with van der Waals surface area (Å²) in [7, 11) is 0. The van der Waals surface area contributed by atoms with Gasteiger partial charge in [-0.25, -0.2) is 0 Å². The van der Waals surface area contributed by atoms with Crippen LogP contribution in [0.2, 0.25) is 5.02 Å². The smallest absolute Gasteiger partial charge is 0.270 e. The average Bonchev–Trinajstić information content (AvgIpc) is 2.78. The number of hydrogen-bond acceptors (Lipinski definition) is 4. The van der Waals surface area contributed by atoms with Gasteiger partial charge in [0.05, 0.1) is 5.69 Å². The van der Waals surface area contributed by atoms with Gasteiger partial charge >= 0.3 is 0 Å². The van der Waals surface area contributed by atoms with E-state index < -0.39 is 11.8 Å². The second-order valence-corrected chi connectivity index (χ2v) is 8.05. The molecule has 0 radical (unpaired) electrons. The molecule has 1 heterocycles. The summed E-state index contributed by atoms with van der Waals surface area (Å²) in [4.78, 5) is 26.9. The van der Waals surface area contributed by atoms with E-state index in [1.165, 1.54) is 4.90 Å². The van der Waals surface area contributed by atoms with Crippen molar-refractivity contribution >= 4 is 52.5 Å². The summed E-state index contributed by atoms with van der Waals surface area (Å²) >= 11 is 11.2. The van der Waals surface area contributed by atoms with Crippen LogP contribution in [0.3, 0.4) is 0 Å². The zero-order valence-electron chi connectivity index (χ0n) is 17.2. The van der Waals surface area contributed by atoms with E-state index >= 15 is 0 Å². The maximum Gasteiger partial charge on any atom is 0.270 e. The fraction of sp³-hybridized carbons (Fsp3) is 0.0800. The first kappa shape index (κ1) is 21.7. The number of carbonyl (C=O) groups excluding carboxylic acids is 2. The van der Waals surface area contributed by atoms with Crippen LogP contribution in [0.1, 0.15) is 16.7 Å². The molecule has 1 N–H and O–H groups in total. The van der Waals surface area contributed by atoms with Crippen molar-refractivity contribution < 1.29 is 14.3 Å². The second-order valence-electron chi connectivity index (χ2n) is 7.23. The van der Waals surface area contributed by atoms with Crippen LogP contribution in [0, 0.1) is 6.92 Å². The lowest BCUT2D eigenvalue weighted by Gasteiger charge is -2.29. The van der Waals surface area contributed by atoms with Gasteiger partial charge in [-0.05, 0) is 78.3 Å². The lowest BCUT2D eigenvalue weighted by Crippen LogP contribution is -2.54. The zero-order valence-corrected chi connectivity index (χ0v) is 18.7. The maximum absolute atomic E-state index is 13.1. The number of aryl methyl sites for hydroxylation is 1. The normalized spacial score (nSPS) is 15.1. The minimum atomic E-state index is -0.533. The Morgan fingerprint density at radius 3 is 2.44 bits per heavy atom. The van der Waals surface area contributed by atoms with Crippen molar-refractivity contribution in [3.8, 4) is 5.75 Å². The molecule has 5 nitrogen and oxygen atoms in total. The Hall–Kier alpha value is -3.48. The molecule has 160 valence electrons.